The molecule has 0 bridgehead atoms. The van der Waals surface area contributed by atoms with E-state index < -0.39 is 10.0 Å². The van der Waals surface area contributed by atoms with Crippen molar-refractivity contribution in [3.63, 3.8) is 0 Å². The second-order valence-electron chi connectivity index (χ2n) is 5.72. The van der Waals surface area contributed by atoms with Crippen molar-refractivity contribution in [1.29, 1.82) is 0 Å². The molecule has 0 saturated carbocycles. The number of sulfonamides is 1. The topological polar surface area (TPSA) is 40.6 Å². The molecule has 6 heteroatoms. The molecule has 23 heavy (non-hydrogen) atoms. The number of halogens is 1. The SMILES string of the molecule is CN1CCN(S(=O)(=O)c2ccc(Cl)cc2)C[C@@H]1c1ccccc1. The zero-order valence-corrected chi connectivity index (χ0v) is 14.5. The maximum atomic E-state index is 12.8. The fraction of sp³-hybridized carbons (Fsp3) is 0.294. The quantitative estimate of drug-likeness (QED) is 0.854. The van der Waals surface area contributed by atoms with E-state index >= 15 is 0 Å². The third-order valence-corrected chi connectivity index (χ3v) is 6.38. The van der Waals surface area contributed by atoms with Crippen molar-refractivity contribution < 1.29 is 8.42 Å². The molecule has 0 unspecified atom stereocenters. The fourth-order valence-electron chi connectivity index (χ4n) is 2.86. The Kier molecular flexibility index (Phi) is 4.73. The van der Waals surface area contributed by atoms with E-state index in [1.165, 1.54) is 0 Å². The number of hydrogen-bond acceptors (Lipinski definition) is 3. The van der Waals surface area contributed by atoms with Crippen molar-refractivity contribution in [1.82, 2.24) is 9.21 Å². The molecule has 1 saturated heterocycles. The van der Waals surface area contributed by atoms with Gasteiger partial charge in [-0.25, -0.2) is 8.42 Å². The maximum Gasteiger partial charge on any atom is 0.243 e. The number of piperazine rings is 1. The highest BCUT2D eigenvalue weighted by molar-refractivity contribution is 7.89. The molecular formula is C17H19ClN2O2S. The van der Waals surface area contributed by atoms with Gasteiger partial charge in [0.05, 0.1) is 4.90 Å². The first kappa shape index (κ1) is 16.5. The molecular weight excluding hydrogens is 332 g/mol. The lowest BCUT2D eigenvalue weighted by Crippen LogP contribution is -2.48. The standard InChI is InChI=1S/C17H19ClN2O2S/c1-19-11-12-20(13-17(19)14-5-3-2-4-6-14)23(21,22)16-9-7-15(18)8-10-16/h2-10,17H,11-13H2,1H3/t17-/m1/s1. The normalized spacial score (nSPS) is 20.5. The van der Waals surface area contributed by atoms with Crippen LogP contribution in [0, 0.1) is 0 Å². The largest absolute Gasteiger partial charge is 0.297 e. The van der Waals surface area contributed by atoms with Crippen molar-refractivity contribution in [2.75, 3.05) is 26.7 Å². The van der Waals surface area contributed by atoms with Crippen molar-refractivity contribution in [2.24, 2.45) is 0 Å². The van der Waals surface area contributed by atoms with Crippen molar-refractivity contribution in [2.45, 2.75) is 10.9 Å². The van der Waals surface area contributed by atoms with Gasteiger partial charge in [-0.15, -0.1) is 0 Å². The molecule has 0 spiro atoms. The number of benzene rings is 2. The van der Waals surface area contributed by atoms with E-state index in [0.717, 1.165) is 5.56 Å². The second-order valence-corrected chi connectivity index (χ2v) is 8.10. The van der Waals surface area contributed by atoms with Crippen LogP contribution in [0.3, 0.4) is 0 Å². The average Bonchev–Trinajstić information content (AvgIpc) is 2.56. The third-order valence-electron chi connectivity index (χ3n) is 4.25. The molecule has 1 aliphatic rings. The highest BCUT2D eigenvalue weighted by atomic mass is 35.5. The fourth-order valence-corrected chi connectivity index (χ4v) is 4.42. The number of likely N-dealkylation sites (N-methyl/N-ethyl adjacent to an activating group) is 1. The van der Waals surface area contributed by atoms with Crippen molar-refractivity contribution in [3.05, 3.63) is 65.2 Å². The average molecular weight is 351 g/mol. The van der Waals surface area contributed by atoms with Gasteiger partial charge < -0.3 is 0 Å². The Labute approximate surface area is 142 Å². The molecule has 1 atom stereocenters. The smallest absolute Gasteiger partial charge is 0.243 e. The maximum absolute atomic E-state index is 12.8. The van der Waals surface area contributed by atoms with E-state index in [2.05, 4.69) is 4.90 Å². The number of nitrogens with zero attached hydrogens (tertiary/aromatic N) is 2. The van der Waals surface area contributed by atoms with E-state index in [9.17, 15) is 8.42 Å². The lowest BCUT2D eigenvalue weighted by molar-refractivity contribution is 0.148. The van der Waals surface area contributed by atoms with Gasteiger partial charge in [0.15, 0.2) is 0 Å². The zero-order chi connectivity index (χ0) is 16.4. The number of hydrogen-bond donors (Lipinski definition) is 0. The van der Waals surface area contributed by atoms with Crippen LogP contribution in [-0.4, -0.2) is 44.3 Å². The summed E-state index contributed by atoms with van der Waals surface area (Å²) < 4.78 is 27.3. The molecule has 3 rings (SSSR count). The summed E-state index contributed by atoms with van der Waals surface area (Å²) >= 11 is 5.85. The van der Waals surface area contributed by atoms with E-state index in [-0.39, 0.29) is 6.04 Å². The minimum atomic E-state index is -3.50. The molecule has 4 nitrogen and oxygen atoms in total. The summed E-state index contributed by atoms with van der Waals surface area (Å²) in [5.41, 5.74) is 1.13. The van der Waals surface area contributed by atoms with Crippen LogP contribution in [0.4, 0.5) is 0 Å². The Bertz CT molecular complexity index is 763. The molecule has 0 radical (unpaired) electrons. The lowest BCUT2D eigenvalue weighted by atomic mass is 10.0. The van der Waals surface area contributed by atoms with Crippen LogP contribution in [0.15, 0.2) is 59.5 Å². The summed E-state index contributed by atoms with van der Waals surface area (Å²) in [6.45, 7) is 1.64. The Balaban J connectivity index is 1.87. The highest BCUT2D eigenvalue weighted by Crippen LogP contribution is 2.28. The van der Waals surface area contributed by atoms with Crippen molar-refractivity contribution in [3.8, 4) is 0 Å². The zero-order valence-electron chi connectivity index (χ0n) is 12.9. The molecule has 2 aromatic carbocycles. The van der Waals surface area contributed by atoms with Crippen molar-refractivity contribution >= 4 is 21.6 Å². The molecule has 0 aromatic heterocycles. The van der Waals surface area contributed by atoms with Crippen LogP contribution in [0.1, 0.15) is 11.6 Å². The van der Waals surface area contributed by atoms with E-state index in [1.54, 1.807) is 28.6 Å². The predicted octanol–water partition coefficient (Wildman–Crippen LogP) is 3.02. The molecule has 1 heterocycles. The van der Waals surface area contributed by atoms with Crippen LogP contribution in [-0.2, 0) is 10.0 Å². The third kappa shape index (κ3) is 3.43. The summed E-state index contributed by atoms with van der Waals surface area (Å²) in [7, 11) is -1.46. The van der Waals surface area contributed by atoms with E-state index in [4.69, 9.17) is 11.6 Å². The van der Waals surface area contributed by atoms with Gasteiger partial charge in [0.2, 0.25) is 10.0 Å². The van der Waals surface area contributed by atoms with Crippen LogP contribution in [0.5, 0.6) is 0 Å². The minimum absolute atomic E-state index is 0.0621. The first-order valence-electron chi connectivity index (χ1n) is 7.49. The van der Waals surface area contributed by atoms with E-state index in [0.29, 0.717) is 29.6 Å². The summed E-state index contributed by atoms with van der Waals surface area (Å²) in [6, 6.07) is 16.4. The van der Waals surface area contributed by atoms with E-state index in [1.807, 2.05) is 37.4 Å². The Morgan fingerprint density at radius 1 is 1.00 bits per heavy atom. The summed E-state index contributed by atoms with van der Waals surface area (Å²) in [5, 5.41) is 0.532. The Morgan fingerprint density at radius 3 is 2.30 bits per heavy atom. The molecule has 2 aromatic rings. The second kappa shape index (κ2) is 6.61. The van der Waals surface area contributed by atoms with Gasteiger partial charge in [-0.05, 0) is 36.9 Å². The highest BCUT2D eigenvalue weighted by Gasteiger charge is 2.33. The van der Waals surface area contributed by atoms with Gasteiger partial charge in [-0.2, -0.15) is 4.31 Å². The summed E-state index contributed by atoms with van der Waals surface area (Å²) in [5.74, 6) is 0. The monoisotopic (exact) mass is 350 g/mol. The number of rotatable bonds is 3. The van der Waals surface area contributed by atoms with Gasteiger partial charge in [-0.1, -0.05) is 41.9 Å². The van der Waals surface area contributed by atoms with Crippen LogP contribution in [0.2, 0.25) is 5.02 Å². The summed E-state index contributed by atoms with van der Waals surface area (Å²) in [4.78, 5) is 2.49. The molecule has 1 fully saturated rings. The molecule has 122 valence electrons. The lowest BCUT2D eigenvalue weighted by Gasteiger charge is -2.39. The molecule has 0 amide bonds. The van der Waals surface area contributed by atoms with Gasteiger partial charge in [0, 0.05) is 30.7 Å². The predicted molar refractivity (Wildman–Crippen MR) is 92.0 cm³/mol. The Morgan fingerprint density at radius 2 is 1.65 bits per heavy atom. The van der Waals surface area contributed by atoms with Gasteiger partial charge in [0.1, 0.15) is 0 Å². The molecule has 0 aliphatic carbocycles. The molecule has 0 N–H and O–H groups in total. The van der Waals surface area contributed by atoms with Gasteiger partial charge in [-0.3, -0.25) is 4.90 Å². The Hall–Kier alpha value is -1.40. The summed E-state index contributed by atoms with van der Waals surface area (Å²) in [6.07, 6.45) is 0. The molecule has 1 aliphatic heterocycles. The van der Waals surface area contributed by atoms with Gasteiger partial charge in [0.25, 0.3) is 0 Å². The van der Waals surface area contributed by atoms with Crippen LogP contribution >= 0.6 is 11.6 Å². The first-order valence-corrected chi connectivity index (χ1v) is 9.31. The van der Waals surface area contributed by atoms with Gasteiger partial charge >= 0.3 is 0 Å². The first-order chi connectivity index (χ1) is 11.0. The van der Waals surface area contributed by atoms with Crippen LogP contribution < -0.4 is 0 Å². The van der Waals surface area contributed by atoms with Crippen LogP contribution in [0.25, 0.3) is 0 Å². The minimum Gasteiger partial charge on any atom is -0.297 e.